The van der Waals surface area contributed by atoms with Gasteiger partial charge in [-0.3, -0.25) is 0 Å². The van der Waals surface area contributed by atoms with E-state index >= 15 is 0 Å². The van der Waals surface area contributed by atoms with Crippen LogP contribution in [0.3, 0.4) is 0 Å². The second kappa shape index (κ2) is 6.48. The highest BCUT2D eigenvalue weighted by molar-refractivity contribution is 5.22. The molecular weight excluding hydrogens is 240 g/mol. The number of nitrogens with zero attached hydrogens (tertiary/aromatic N) is 2. The lowest BCUT2D eigenvalue weighted by Gasteiger charge is -2.01. The molecule has 0 amide bonds. The Bertz CT molecular complexity index is 522. The van der Waals surface area contributed by atoms with Gasteiger partial charge in [-0.25, -0.2) is 0 Å². The van der Waals surface area contributed by atoms with Crippen LogP contribution in [0.1, 0.15) is 48.7 Å². The number of aryl methyl sites for hydroxylation is 3. The molecular formula is C15H20N2O2. The molecule has 1 N–H and O–H groups in total. The molecule has 0 radical (unpaired) electrons. The summed E-state index contributed by atoms with van der Waals surface area (Å²) >= 11 is 0. The van der Waals surface area contributed by atoms with Crippen molar-refractivity contribution in [1.29, 1.82) is 0 Å². The third-order valence-electron chi connectivity index (χ3n) is 3.05. The summed E-state index contributed by atoms with van der Waals surface area (Å²) < 4.78 is 5.16. The van der Waals surface area contributed by atoms with Crippen LogP contribution in [0.4, 0.5) is 0 Å². The number of benzene rings is 1. The fourth-order valence-corrected chi connectivity index (χ4v) is 2.03. The Morgan fingerprint density at radius 2 is 2.16 bits per heavy atom. The van der Waals surface area contributed by atoms with Crippen LogP contribution in [-0.2, 0) is 12.8 Å². The van der Waals surface area contributed by atoms with E-state index < -0.39 is 6.10 Å². The van der Waals surface area contributed by atoms with Gasteiger partial charge in [-0.05, 0) is 25.3 Å². The molecule has 0 aliphatic rings. The predicted octanol–water partition coefficient (Wildman–Crippen LogP) is 3.00. The van der Waals surface area contributed by atoms with Gasteiger partial charge in [0.15, 0.2) is 5.82 Å². The van der Waals surface area contributed by atoms with Crippen LogP contribution in [0.15, 0.2) is 28.8 Å². The molecule has 2 aromatic rings. The van der Waals surface area contributed by atoms with Crippen molar-refractivity contribution in [2.24, 2.45) is 0 Å². The Kier molecular flexibility index (Phi) is 4.68. The highest BCUT2D eigenvalue weighted by Gasteiger charge is 2.14. The van der Waals surface area contributed by atoms with E-state index in [4.69, 9.17) is 4.52 Å². The fraction of sp³-hybridized carbons (Fsp3) is 0.467. The molecule has 1 atom stereocenters. The van der Waals surface area contributed by atoms with E-state index in [0.29, 0.717) is 24.6 Å². The quantitative estimate of drug-likeness (QED) is 0.867. The number of aromatic nitrogens is 2. The zero-order chi connectivity index (χ0) is 13.7. The maximum absolute atomic E-state index is 9.77. The topological polar surface area (TPSA) is 59.2 Å². The van der Waals surface area contributed by atoms with Gasteiger partial charge in [-0.15, -0.1) is 0 Å². The van der Waals surface area contributed by atoms with E-state index in [-0.39, 0.29) is 0 Å². The molecule has 0 fully saturated rings. The minimum Gasteiger partial charge on any atom is -0.385 e. The van der Waals surface area contributed by atoms with Crippen LogP contribution in [0.25, 0.3) is 0 Å². The Labute approximate surface area is 113 Å². The van der Waals surface area contributed by atoms with Gasteiger partial charge >= 0.3 is 0 Å². The summed E-state index contributed by atoms with van der Waals surface area (Å²) in [7, 11) is 0. The molecule has 1 unspecified atom stereocenters. The van der Waals surface area contributed by atoms with Gasteiger partial charge in [0.1, 0.15) is 6.10 Å². The first-order chi connectivity index (χ1) is 9.19. The lowest BCUT2D eigenvalue weighted by molar-refractivity contribution is 0.152. The van der Waals surface area contributed by atoms with E-state index in [1.807, 2.05) is 6.92 Å². The first-order valence-electron chi connectivity index (χ1n) is 6.75. The largest absolute Gasteiger partial charge is 0.385 e. The van der Waals surface area contributed by atoms with Crippen LogP contribution in [0.2, 0.25) is 0 Å². The first kappa shape index (κ1) is 13.7. The Hall–Kier alpha value is -1.68. The average Bonchev–Trinajstić information content (AvgIpc) is 2.86. The second-order valence-corrected chi connectivity index (χ2v) is 4.84. The van der Waals surface area contributed by atoms with E-state index in [2.05, 4.69) is 41.3 Å². The standard InChI is InChI=1S/C15H20N2O2/c1-3-5-13(18)15-16-14(19-17-15)9-8-12-7-4-6-11(2)10-12/h4,6-7,10,13,18H,3,5,8-9H2,1-2H3. The van der Waals surface area contributed by atoms with Crippen molar-refractivity contribution in [3.63, 3.8) is 0 Å². The van der Waals surface area contributed by atoms with Crippen molar-refractivity contribution in [3.05, 3.63) is 47.1 Å². The van der Waals surface area contributed by atoms with Gasteiger partial charge in [-0.1, -0.05) is 48.3 Å². The zero-order valence-corrected chi connectivity index (χ0v) is 11.5. The van der Waals surface area contributed by atoms with Gasteiger partial charge in [0.05, 0.1) is 0 Å². The monoisotopic (exact) mass is 260 g/mol. The summed E-state index contributed by atoms with van der Waals surface area (Å²) in [5, 5.41) is 13.6. The number of hydrogen-bond donors (Lipinski definition) is 1. The molecule has 102 valence electrons. The third kappa shape index (κ3) is 3.89. The lowest BCUT2D eigenvalue weighted by Crippen LogP contribution is -1.99. The maximum Gasteiger partial charge on any atom is 0.227 e. The summed E-state index contributed by atoms with van der Waals surface area (Å²) in [5.41, 5.74) is 2.51. The van der Waals surface area contributed by atoms with Crippen LogP contribution in [-0.4, -0.2) is 15.2 Å². The average molecular weight is 260 g/mol. The molecule has 0 saturated heterocycles. The molecule has 2 rings (SSSR count). The zero-order valence-electron chi connectivity index (χ0n) is 11.5. The molecule has 0 saturated carbocycles. The number of aliphatic hydroxyl groups is 1. The van der Waals surface area contributed by atoms with Gasteiger partial charge in [0, 0.05) is 6.42 Å². The maximum atomic E-state index is 9.77. The van der Waals surface area contributed by atoms with Crippen molar-refractivity contribution in [1.82, 2.24) is 10.1 Å². The van der Waals surface area contributed by atoms with Gasteiger partial charge in [-0.2, -0.15) is 4.98 Å². The molecule has 19 heavy (non-hydrogen) atoms. The molecule has 1 aromatic carbocycles. The number of aliphatic hydroxyl groups excluding tert-OH is 1. The van der Waals surface area contributed by atoms with Crippen molar-refractivity contribution in [2.45, 2.75) is 45.6 Å². The lowest BCUT2D eigenvalue weighted by atomic mass is 10.1. The fourth-order valence-electron chi connectivity index (χ4n) is 2.03. The Balaban J connectivity index is 1.93. The highest BCUT2D eigenvalue weighted by atomic mass is 16.5. The molecule has 1 heterocycles. The summed E-state index contributed by atoms with van der Waals surface area (Å²) in [4.78, 5) is 4.24. The first-order valence-corrected chi connectivity index (χ1v) is 6.75. The molecule has 0 aliphatic heterocycles. The number of rotatable bonds is 6. The minimum atomic E-state index is -0.610. The van der Waals surface area contributed by atoms with Crippen molar-refractivity contribution < 1.29 is 9.63 Å². The predicted molar refractivity (Wildman–Crippen MR) is 72.8 cm³/mol. The third-order valence-corrected chi connectivity index (χ3v) is 3.05. The van der Waals surface area contributed by atoms with E-state index in [9.17, 15) is 5.11 Å². The molecule has 0 aliphatic carbocycles. The molecule has 1 aromatic heterocycles. The molecule has 0 bridgehead atoms. The summed E-state index contributed by atoms with van der Waals surface area (Å²) in [6.45, 7) is 4.09. The van der Waals surface area contributed by atoms with Gasteiger partial charge < -0.3 is 9.63 Å². The number of hydrogen-bond acceptors (Lipinski definition) is 4. The van der Waals surface area contributed by atoms with Gasteiger partial charge in [0.25, 0.3) is 0 Å². The summed E-state index contributed by atoms with van der Waals surface area (Å²) in [5.74, 6) is 0.993. The molecule has 4 nitrogen and oxygen atoms in total. The summed E-state index contributed by atoms with van der Waals surface area (Å²) in [6, 6.07) is 8.38. The van der Waals surface area contributed by atoms with Crippen molar-refractivity contribution >= 4 is 0 Å². The second-order valence-electron chi connectivity index (χ2n) is 4.84. The normalized spacial score (nSPS) is 12.6. The van der Waals surface area contributed by atoms with Crippen LogP contribution >= 0.6 is 0 Å². The molecule has 4 heteroatoms. The SMILES string of the molecule is CCCC(O)c1noc(CCc2cccc(C)c2)n1. The Morgan fingerprint density at radius 1 is 1.32 bits per heavy atom. The van der Waals surface area contributed by atoms with E-state index in [1.54, 1.807) is 0 Å². The molecule has 0 spiro atoms. The van der Waals surface area contributed by atoms with Crippen molar-refractivity contribution in [3.8, 4) is 0 Å². The van der Waals surface area contributed by atoms with Crippen molar-refractivity contribution in [2.75, 3.05) is 0 Å². The van der Waals surface area contributed by atoms with Gasteiger partial charge in [0.2, 0.25) is 5.89 Å². The Morgan fingerprint density at radius 3 is 2.89 bits per heavy atom. The van der Waals surface area contributed by atoms with E-state index in [1.165, 1.54) is 11.1 Å². The van der Waals surface area contributed by atoms with E-state index in [0.717, 1.165) is 12.8 Å². The van der Waals surface area contributed by atoms with Crippen LogP contribution in [0, 0.1) is 6.92 Å². The smallest absolute Gasteiger partial charge is 0.227 e. The minimum absolute atomic E-state index is 0.404. The summed E-state index contributed by atoms with van der Waals surface area (Å²) in [6.07, 6.45) is 2.52. The highest BCUT2D eigenvalue weighted by Crippen LogP contribution is 2.15. The van der Waals surface area contributed by atoms with Crippen LogP contribution < -0.4 is 0 Å². The van der Waals surface area contributed by atoms with Crippen LogP contribution in [0.5, 0.6) is 0 Å².